The molecule has 0 nitrogen and oxygen atoms in total. The number of rotatable bonds is 2. The minimum Gasteiger partial charge on any atom is -0.0844 e. The summed E-state index contributed by atoms with van der Waals surface area (Å²) in [5, 5.41) is 0. The van der Waals surface area contributed by atoms with Crippen LogP contribution in [0.5, 0.6) is 0 Å². The molecule has 0 aliphatic rings. The molecule has 0 saturated carbocycles. The fourth-order valence-electron chi connectivity index (χ4n) is 1.07. The lowest BCUT2D eigenvalue weighted by Gasteiger charge is -2.04. The predicted octanol–water partition coefficient (Wildman–Crippen LogP) is 4.26. The molecule has 0 amide bonds. The molecule has 0 saturated heterocycles. The molecular formula is C12H20. The van der Waals surface area contributed by atoms with Gasteiger partial charge < -0.3 is 0 Å². The maximum atomic E-state index is 2.22. The number of hydrogen-bond acceptors (Lipinski definition) is 0. The van der Waals surface area contributed by atoms with Gasteiger partial charge in [0.25, 0.3) is 0 Å². The van der Waals surface area contributed by atoms with Crippen LogP contribution < -0.4 is 0 Å². The van der Waals surface area contributed by atoms with Gasteiger partial charge in [-0.1, -0.05) is 23.3 Å². The largest absolute Gasteiger partial charge is 0.0844 e. The number of allylic oxidation sites excluding steroid dienone is 6. The maximum Gasteiger partial charge on any atom is -0.0393 e. The quantitative estimate of drug-likeness (QED) is 0.535. The van der Waals surface area contributed by atoms with Gasteiger partial charge in [-0.05, 0) is 52.7 Å². The van der Waals surface area contributed by atoms with Gasteiger partial charge in [0.05, 0.1) is 0 Å². The van der Waals surface area contributed by atoms with Gasteiger partial charge in [-0.15, -0.1) is 0 Å². The van der Waals surface area contributed by atoms with Crippen LogP contribution in [0.1, 0.15) is 41.5 Å². The highest BCUT2D eigenvalue weighted by molar-refractivity contribution is 5.36. The van der Waals surface area contributed by atoms with Gasteiger partial charge in [-0.3, -0.25) is 0 Å². The van der Waals surface area contributed by atoms with E-state index in [2.05, 4.69) is 53.7 Å². The van der Waals surface area contributed by atoms with E-state index in [4.69, 9.17) is 0 Å². The van der Waals surface area contributed by atoms with E-state index < -0.39 is 0 Å². The molecule has 0 heterocycles. The summed E-state index contributed by atoms with van der Waals surface area (Å²) in [6.07, 6.45) is 4.38. The molecule has 0 aromatic heterocycles. The van der Waals surface area contributed by atoms with E-state index in [1.165, 1.54) is 22.3 Å². The first-order valence-electron chi connectivity index (χ1n) is 4.44. The van der Waals surface area contributed by atoms with E-state index in [1.54, 1.807) is 0 Å². The Morgan fingerprint density at radius 1 is 0.917 bits per heavy atom. The summed E-state index contributed by atoms with van der Waals surface area (Å²) in [4.78, 5) is 0. The van der Waals surface area contributed by atoms with Crippen LogP contribution >= 0.6 is 0 Å². The Labute approximate surface area is 76.7 Å². The van der Waals surface area contributed by atoms with Crippen molar-refractivity contribution in [2.75, 3.05) is 0 Å². The Hall–Kier alpha value is -0.780. The van der Waals surface area contributed by atoms with Crippen LogP contribution in [0.15, 0.2) is 34.4 Å². The van der Waals surface area contributed by atoms with Crippen molar-refractivity contribution in [3.63, 3.8) is 0 Å². The van der Waals surface area contributed by atoms with Crippen LogP contribution in [0.2, 0.25) is 0 Å². The van der Waals surface area contributed by atoms with Gasteiger partial charge in [-0.2, -0.15) is 0 Å². The smallest absolute Gasteiger partial charge is 0.0393 e. The van der Waals surface area contributed by atoms with E-state index >= 15 is 0 Å². The summed E-state index contributed by atoms with van der Waals surface area (Å²) in [6.45, 7) is 12.8. The van der Waals surface area contributed by atoms with Crippen LogP contribution in [0.4, 0.5) is 0 Å². The van der Waals surface area contributed by atoms with Gasteiger partial charge in [0.1, 0.15) is 0 Å². The Morgan fingerprint density at radius 2 is 1.42 bits per heavy atom. The average Bonchev–Trinajstić information content (AvgIpc) is 2.00. The zero-order chi connectivity index (χ0) is 9.72. The van der Waals surface area contributed by atoms with Gasteiger partial charge >= 0.3 is 0 Å². The second kappa shape index (κ2) is 4.97. The van der Waals surface area contributed by atoms with E-state index in [9.17, 15) is 0 Å². The molecule has 68 valence electrons. The van der Waals surface area contributed by atoms with E-state index in [0.29, 0.717) is 0 Å². The van der Waals surface area contributed by atoms with Gasteiger partial charge in [0.15, 0.2) is 0 Å². The molecule has 0 heteroatoms. The Bertz CT molecular complexity index is 233. The molecule has 0 bridgehead atoms. The average molecular weight is 164 g/mol. The van der Waals surface area contributed by atoms with Crippen molar-refractivity contribution in [2.24, 2.45) is 0 Å². The Morgan fingerprint density at radius 3 is 1.75 bits per heavy atom. The molecule has 0 aliphatic heterocycles. The van der Waals surface area contributed by atoms with Crippen molar-refractivity contribution in [1.82, 2.24) is 0 Å². The maximum absolute atomic E-state index is 2.22. The van der Waals surface area contributed by atoms with Crippen molar-refractivity contribution in [3.05, 3.63) is 34.4 Å². The second-order valence-electron chi connectivity index (χ2n) is 3.50. The van der Waals surface area contributed by atoms with Crippen molar-refractivity contribution < 1.29 is 0 Å². The normalized spacial score (nSPS) is 14.0. The predicted molar refractivity (Wildman–Crippen MR) is 57.2 cm³/mol. The standard InChI is InChI=1S/C12H20/c1-7-10(4)12(6)11(5)8-9(2)3/h7-8H,1-6H3/b10-7?,12-11-. The van der Waals surface area contributed by atoms with Crippen LogP contribution in [-0.2, 0) is 0 Å². The summed E-state index contributed by atoms with van der Waals surface area (Å²) in [5.74, 6) is 0. The zero-order valence-electron chi connectivity index (χ0n) is 9.15. The summed E-state index contributed by atoms with van der Waals surface area (Å²) in [7, 11) is 0. The zero-order valence-corrected chi connectivity index (χ0v) is 9.15. The third kappa shape index (κ3) is 3.56. The van der Waals surface area contributed by atoms with Gasteiger partial charge in [-0.25, -0.2) is 0 Å². The van der Waals surface area contributed by atoms with Crippen LogP contribution in [-0.4, -0.2) is 0 Å². The van der Waals surface area contributed by atoms with Crippen LogP contribution in [0.3, 0.4) is 0 Å². The third-order valence-electron chi connectivity index (χ3n) is 2.12. The molecular weight excluding hydrogens is 144 g/mol. The van der Waals surface area contributed by atoms with E-state index in [1.807, 2.05) is 0 Å². The van der Waals surface area contributed by atoms with Crippen LogP contribution in [0.25, 0.3) is 0 Å². The lowest BCUT2D eigenvalue weighted by atomic mass is 10.0. The fraction of sp³-hybridized carbons (Fsp3) is 0.500. The Balaban J connectivity index is 4.82. The molecule has 0 aromatic carbocycles. The molecule has 0 unspecified atom stereocenters. The van der Waals surface area contributed by atoms with Gasteiger partial charge in [0.2, 0.25) is 0 Å². The third-order valence-corrected chi connectivity index (χ3v) is 2.12. The summed E-state index contributed by atoms with van der Waals surface area (Å²) in [5.41, 5.74) is 5.48. The minimum absolute atomic E-state index is 1.36. The van der Waals surface area contributed by atoms with Crippen LogP contribution in [0, 0.1) is 0 Å². The molecule has 0 N–H and O–H groups in total. The molecule has 0 rings (SSSR count). The molecule has 12 heavy (non-hydrogen) atoms. The highest BCUT2D eigenvalue weighted by Gasteiger charge is 1.94. The van der Waals surface area contributed by atoms with E-state index in [0.717, 1.165) is 0 Å². The minimum atomic E-state index is 1.36. The van der Waals surface area contributed by atoms with Gasteiger partial charge in [0, 0.05) is 0 Å². The SMILES string of the molecule is CC=C(C)/C(C)=C(/C)C=C(C)C. The first kappa shape index (κ1) is 11.2. The highest BCUT2D eigenvalue weighted by Crippen LogP contribution is 2.15. The molecule has 0 atom stereocenters. The number of hydrogen-bond donors (Lipinski definition) is 0. The molecule has 0 radical (unpaired) electrons. The fourth-order valence-corrected chi connectivity index (χ4v) is 1.07. The summed E-state index contributed by atoms with van der Waals surface area (Å²) in [6, 6.07) is 0. The molecule has 0 spiro atoms. The second-order valence-corrected chi connectivity index (χ2v) is 3.50. The molecule has 0 fully saturated rings. The molecule has 0 aromatic rings. The van der Waals surface area contributed by atoms with Crippen molar-refractivity contribution in [2.45, 2.75) is 41.5 Å². The Kier molecular flexibility index (Phi) is 4.65. The van der Waals surface area contributed by atoms with Crippen molar-refractivity contribution in [1.29, 1.82) is 0 Å². The lowest BCUT2D eigenvalue weighted by molar-refractivity contribution is 1.24. The van der Waals surface area contributed by atoms with Crippen molar-refractivity contribution >= 4 is 0 Å². The van der Waals surface area contributed by atoms with Crippen molar-refractivity contribution in [3.8, 4) is 0 Å². The van der Waals surface area contributed by atoms with E-state index in [-0.39, 0.29) is 0 Å². The highest BCUT2D eigenvalue weighted by atomic mass is 14.0. The monoisotopic (exact) mass is 164 g/mol. The summed E-state index contributed by atoms with van der Waals surface area (Å²) < 4.78 is 0. The first-order valence-corrected chi connectivity index (χ1v) is 4.44. The lowest BCUT2D eigenvalue weighted by Crippen LogP contribution is -1.83. The topological polar surface area (TPSA) is 0 Å². The molecule has 0 aliphatic carbocycles. The first-order chi connectivity index (χ1) is 5.49. The summed E-state index contributed by atoms with van der Waals surface area (Å²) >= 11 is 0.